The van der Waals surface area contributed by atoms with E-state index in [1.54, 1.807) is 12.1 Å². The van der Waals surface area contributed by atoms with E-state index in [1.807, 2.05) is 17.4 Å². The minimum absolute atomic E-state index is 0.0162. The summed E-state index contributed by atoms with van der Waals surface area (Å²) in [5.74, 6) is -7.93. The zero-order chi connectivity index (χ0) is 31.9. The van der Waals surface area contributed by atoms with Crippen molar-refractivity contribution in [1.82, 2.24) is 5.32 Å². The number of rotatable bonds is 10. The van der Waals surface area contributed by atoms with Crippen LogP contribution >= 0.6 is 0 Å². The van der Waals surface area contributed by atoms with Gasteiger partial charge in [0.25, 0.3) is 5.91 Å². The maximum Gasteiger partial charge on any atom is 0.573 e. The van der Waals surface area contributed by atoms with E-state index in [2.05, 4.69) is 16.1 Å². The average molecular weight is 618 g/mol. The number of carbonyl (C=O) groups excluding carboxylic acids is 2. The van der Waals surface area contributed by atoms with E-state index < -0.39 is 42.5 Å². The van der Waals surface area contributed by atoms with E-state index in [1.165, 1.54) is 46.9 Å². The first-order valence-corrected chi connectivity index (χ1v) is 13.5. The highest BCUT2D eigenvalue weighted by molar-refractivity contribution is 6.02. The van der Waals surface area contributed by atoms with Crippen LogP contribution in [0.15, 0.2) is 78.9 Å². The number of hydrogen-bond donors (Lipinski definition) is 3. The molecule has 0 aromatic heterocycles. The number of anilines is 2. The monoisotopic (exact) mass is 617 g/mol. The molecular formula is C31H28F5N3O5. The van der Waals surface area contributed by atoms with Gasteiger partial charge >= 0.3 is 24.3 Å². The summed E-state index contributed by atoms with van der Waals surface area (Å²) in [5.41, 5.74) is 3.25. The molecule has 0 bridgehead atoms. The van der Waals surface area contributed by atoms with Gasteiger partial charge in [0, 0.05) is 23.0 Å². The van der Waals surface area contributed by atoms with Gasteiger partial charge in [0.05, 0.1) is 13.1 Å². The van der Waals surface area contributed by atoms with Crippen molar-refractivity contribution in [3.63, 3.8) is 0 Å². The second kappa shape index (κ2) is 13.6. The van der Waals surface area contributed by atoms with Crippen LogP contribution in [0.1, 0.15) is 47.2 Å². The summed E-state index contributed by atoms with van der Waals surface area (Å²) in [6.07, 6.45) is 1.39. The lowest BCUT2D eigenvalue weighted by Gasteiger charge is -2.24. The third kappa shape index (κ3) is 8.79. The van der Waals surface area contributed by atoms with Gasteiger partial charge in [-0.1, -0.05) is 36.4 Å². The molecule has 0 saturated heterocycles. The predicted molar refractivity (Wildman–Crippen MR) is 153 cm³/mol. The van der Waals surface area contributed by atoms with E-state index in [9.17, 15) is 36.3 Å². The van der Waals surface area contributed by atoms with Crippen LogP contribution in [0.2, 0.25) is 0 Å². The van der Waals surface area contributed by atoms with Crippen LogP contribution in [0.4, 0.5) is 38.1 Å². The Kier molecular flexibility index (Phi) is 9.87. The normalized spacial score (nSPS) is 13.4. The van der Waals surface area contributed by atoms with E-state index in [4.69, 9.17) is 5.11 Å². The minimum atomic E-state index is -4.91. The molecule has 1 aliphatic rings. The predicted octanol–water partition coefficient (Wildman–Crippen LogP) is 7.23. The molecule has 8 nitrogen and oxygen atoms in total. The highest BCUT2D eigenvalue weighted by atomic mass is 19.4. The Balaban J connectivity index is 1.54. The molecule has 0 heterocycles. The zero-order valence-electron chi connectivity index (χ0n) is 23.2. The smallest absolute Gasteiger partial charge is 0.477 e. The average Bonchev–Trinajstić information content (AvgIpc) is 2.99. The molecule has 3 N–H and O–H groups in total. The molecule has 1 aliphatic carbocycles. The number of nitrogens with zero attached hydrogens (tertiary/aromatic N) is 1. The molecule has 44 heavy (non-hydrogen) atoms. The Bertz CT molecular complexity index is 1520. The first-order valence-electron chi connectivity index (χ1n) is 13.5. The van der Waals surface area contributed by atoms with Crippen LogP contribution in [-0.2, 0) is 11.3 Å². The van der Waals surface area contributed by atoms with Gasteiger partial charge in [-0.15, -0.1) is 13.2 Å². The van der Waals surface area contributed by atoms with Crippen molar-refractivity contribution >= 4 is 34.9 Å². The molecule has 3 amide bonds. The van der Waals surface area contributed by atoms with E-state index >= 15 is 0 Å². The molecule has 0 spiro atoms. The standard InChI is InChI=1S/C31H28F5N3O5/c32-30(33,28(41)42)19-37-27(40)23-11-9-20(10-12-23)18-39(25-15-13-22(14-16-25)21-5-2-1-3-6-21)29(43)38-24-7-4-8-26(17-24)44-31(34,35)36/h4-5,7-17H,1-3,6,18-19H2,(H,37,40)(H,38,43)(H,41,42). The number of hydrogen-bond acceptors (Lipinski definition) is 4. The lowest BCUT2D eigenvalue weighted by atomic mass is 9.93. The van der Waals surface area contributed by atoms with Crippen molar-refractivity contribution in [3.05, 3.63) is 95.6 Å². The Morgan fingerprint density at radius 3 is 2.23 bits per heavy atom. The molecule has 0 fully saturated rings. The first kappa shape index (κ1) is 32.0. The summed E-state index contributed by atoms with van der Waals surface area (Å²) in [6.45, 7) is -1.43. The maximum atomic E-state index is 13.5. The number of nitrogens with one attached hydrogen (secondary N) is 2. The number of amides is 3. The molecule has 0 atom stereocenters. The topological polar surface area (TPSA) is 108 Å². The Morgan fingerprint density at radius 2 is 1.61 bits per heavy atom. The van der Waals surface area contributed by atoms with Gasteiger partial charge in [-0.25, -0.2) is 9.59 Å². The van der Waals surface area contributed by atoms with Crippen molar-refractivity contribution in [1.29, 1.82) is 0 Å². The van der Waals surface area contributed by atoms with Crippen LogP contribution in [0, 0.1) is 0 Å². The van der Waals surface area contributed by atoms with E-state index in [-0.39, 0.29) is 17.8 Å². The van der Waals surface area contributed by atoms with Gasteiger partial charge in [-0.05, 0) is 78.8 Å². The van der Waals surface area contributed by atoms with Crippen LogP contribution in [-0.4, -0.2) is 41.8 Å². The van der Waals surface area contributed by atoms with Crippen LogP contribution < -0.4 is 20.3 Å². The van der Waals surface area contributed by atoms with Gasteiger partial charge in [-0.3, -0.25) is 9.69 Å². The molecule has 4 rings (SSSR count). The molecule has 0 radical (unpaired) electrons. The third-order valence-electron chi connectivity index (χ3n) is 6.75. The third-order valence-corrected chi connectivity index (χ3v) is 6.75. The largest absolute Gasteiger partial charge is 0.573 e. The van der Waals surface area contributed by atoms with Crippen molar-refractivity contribution < 1.29 is 46.2 Å². The fraction of sp³-hybridized carbons (Fsp3) is 0.258. The molecule has 3 aromatic rings. The molecule has 3 aromatic carbocycles. The minimum Gasteiger partial charge on any atom is -0.477 e. The summed E-state index contributed by atoms with van der Waals surface area (Å²) >= 11 is 0. The lowest BCUT2D eigenvalue weighted by Crippen LogP contribution is -2.42. The summed E-state index contributed by atoms with van der Waals surface area (Å²) in [7, 11) is 0. The lowest BCUT2D eigenvalue weighted by molar-refractivity contribution is -0.274. The fourth-order valence-corrected chi connectivity index (χ4v) is 4.51. The summed E-state index contributed by atoms with van der Waals surface area (Å²) in [5, 5.41) is 13.0. The van der Waals surface area contributed by atoms with E-state index in [0.717, 1.165) is 43.4 Å². The second-order valence-electron chi connectivity index (χ2n) is 10.0. The molecule has 13 heteroatoms. The Labute approximate surface area is 249 Å². The number of carboxylic acid groups (broad SMARTS) is 1. The first-order chi connectivity index (χ1) is 20.8. The molecule has 0 unspecified atom stereocenters. The molecule has 0 aliphatic heterocycles. The number of carboxylic acids is 1. The summed E-state index contributed by atoms with van der Waals surface area (Å²) in [4.78, 5) is 37.7. The number of benzene rings is 3. The number of ether oxygens (including phenoxy) is 1. The summed E-state index contributed by atoms with van der Waals surface area (Å²) in [6, 6.07) is 17.1. The highest BCUT2D eigenvalue weighted by Crippen LogP contribution is 2.30. The van der Waals surface area contributed by atoms with Crippen molar-refractivity contribution in [2.45, 2.75) is 44.5 Å². The van der Waals surface area contributed by atoms with Crippen molar-refractivity contribution in [3.8, 4) is 5.75 Å². The van der Waals surface area contributed by atoms with Crippen LogP contribution in [0.3, 0.4) is 0 Å². The Morgan fingerprint density at radius 1 is 0.909 bits per heavy atom. The number of allylic oxidation sites excluding steroid dienone is 2. The SMILES string of the molecule is O=C(NCC(F)(F)C(=O)O)c1ccc(CN(C(=O)Nc2cccc(OC(F)(F)F)c2)c2ccc(C3=CCCCC3)cc2)cc1. The number of aliphatic carboxylic acids is 1. The maximum absolute atomic E-state index is 13.5. The number of halogens is 5. The molecule has 232 valence electrons. The van der Waals surface area contributed by atoms with Crippen LogP contribution in [0.5, 0.6) is 5.75 Å². The van der Waals surface area contributed by atoms with Gasteiger partial charge in [-0.2, -0.15) is 8.78 Å². The highest BCUT2D eigenvalue weighted by Gasteiger charge is 2.39. The zero-order valence-corrected chi connectivity index (χ0v) is 23.2. The number of carbonyl (C=O) groups is 3. The number of urea groups is 1. The fourth-order valence-electron chi connectivity index (χ4n) is 4.51. The van der Waals surface area contributed by atoms with Gasteiger partial charge in [0.15, 0.2) is 0 Å². The number of alkyl halides is 5. The quantitative estimate of drug-likeness (QED) is 0.208. The molecular weight excluding hydrogens is 589 g/mol. The molecule has 0 saturated carbocycles. The van der Waals surface area contributed by atoms with Crippen molar-refractivity contribution in [2.75, 3.05) is 16.8 Å². The van der Waals surface area contributed by atoms with Crippen molar-refractivity contribution in [2.24, 2.45) is 0 Å². The Hall–Kier alpha value is -4.94. The van der Waals surface area contributed by atoms with Crippen LogP contribution in [0.25, 0.3) is 5.57 Å². The van der Waals surface area contributed by atoms with E-state index in [0.29, 0.717) is 11.3 Å². The van der Waals surface area contributed by atoms with Gasteiger partial charge in [0.2, 0.25) is 0 Å². The summed E-state index contributed by atoms with van der Waals surface area (Å²) < 4.78 is 68.7. The van der Waals surface area contributed by atoms with Gasteiger partial charge in [0.1, 0.15) is 5.75 Å². The van der Waals surface area contributed by atoms with Gasteiger partial charge < -0.3 is 20.5 Å². The second-order valence-corrected chi connectivity index (χ2v) is 10.0.